The fourth-order valence-corrected chi connectivity index (χ4v) is 8.16. The monoisotopic (exact) mass is 720 g/mol. The molecule has 2 aliphatic heterocycles. The van der Waals surface area contributed by atoms with E-state index in [1.54, 1.807) is 11.3 Å². The Balaban J connectivity index is 1.19. The second-order valence-corrected chi connectivity index (χ2v) is 14.7. The number of para-hydroxylation sites is 1. The van der Waals surface area contributed by atoms with Crippen LogP contribution in [0.3, 0.4) is 0 Å². The van der Waals surface area contributed by atoms with Crippen molar-refractivity contribution in [1.29, 1.82) is 0 Å². The second kappa shape index (κ2) is 17.3. The number of nitrogens with zero attached hydrogens (tertiary/aromatic N) is 2. The van der Waals surface area contributed by atoms with Gasteiger partial charge < -0.3 is 9.80 Å². The van der Waals surface area contributed by atoms with Gasteiger partial charge in [-0.1, -0.05) is 134 Å². The van der Waals surface area contributed by atoms with E-state index in [9.17, 15) is 0 Å². The molecule has 0 radical (unpaired) electrons. The Hall–Kier alpha value is -5.90. The summed E-state index contributed by atoms with van der Waals surface area (Å²) < 4.78 is 1.28. The summed E-state index contributed by atoms with van der Waals surface area (Å²) >= 11 is 1.79. The van der Waals surface area contributed by atoms with Gasteiger partial charge in [-0.3, -0.25) is 0 Å². The highest BCUT2D eigenvalue weighted by Crippen LogP contribution is 2.45. The molecule has 3 aliphatic rings. The van der Waals surface area contributed by atoms with Gasteiger partial charge in [-0.25, -0.2) is 0 Å². The number of benzene rings is 3. The Morgan fingerprint density at radius 1 is 0.759 bits per heavy atom. The van der Waals surface area contributed by atoms with E-state index in [0.29, 0.717) is 0 Å². The summed E-state index contributed by atoms with van der Waals surface area (Å²) in [4.78, 5) is 4.69. The smallest absolute Gasteiger partial charge is 0.0792 e. The van der Waals surface area contributed by atoms with Crippen LogP contribution in [0, 0.1) is 6.92 Å². The van der Waals surface area contributed by atoms with Gasteiger partial charge in [0.1, 0.15) is 0 Å². The van der Waals surface area contributed by atoms with Crippen LogP contribution in [-0.2, 0) is 0 Å². The summed E-state index contributed by atoms with van der Waals surface area (Å²) in [5.74, 6) is 0. The zero-order valence-electron chi connectivity index (χ0n) is 31.5. The maximum Gasteiger partial charge on any atom is 0.0792 e. The van der Waals surface area contributed by atoms with Gasteiger partial charge in [-0.2, -0.15) is 0 Å². The molecular formula is C51H48N2S. The maximum atomic E-state index is 4.39. The number of rotatable bonds is 6. The zero-order valence-corrected chi connectivity index (χ0v) is 32.3. The quantitative estimate of drug-likeness (QED) is 0.183. The highest BCUT2D eigenvalue weighted by molar-refractivity contribution is 7.16. The van der Waals surface area contributed by atoms with Crippen molar-refractivity contribution in [1.82, 2.24) is 0 Å². The van der Waals surface area contributed by atoms with E-state index in [4.69, 9.17) is 0 Å². The fraction of sp³-hybridized carbons (Fsp3) is 0.137. The lowest BCUT2D eigenvalue weighted by Gasteiger charge is -2.47. The van der Waals surface area contributed by atoms with Crippen molar-refractivity contribution < 1.29 is 0 Å². The van der Waals surface area contributed by atoms with Gasteiger partial charge in [0, 0.05) is 34.2 Å². The van der Waals surface area contributed by atoms with Crippen molar-refractivity contribution >= 4 is 32.8 Å². The first-order valence-corrected chi connectivity index (χ1v) is 19.7. The molecule has 54 heavy (non-hydrogen) atoms. The number of anilines is 2. The molecule has 1 aromatic heterocycles. The Kier molecular flexibility index (Phi) is 11.7. The number of fused-ring (bicyclic) bond motifs is 1. The third kappa shape index (κ3) is 8.33. The Morgan fingerprint density at radius 2 is 1.57 bits per heavy atom. The van der Waals surface area contributed by atoms with Crippen molar-refractivity contribution in [3.8, 4) is 11.1 Å². The van der Waals surface area contributed by atoms with Crippen LogP contribution in [0.4, 0.5) is 11.4 Å². The SMILES string of the molecule is C=C1/C=C\C=C/N(c2ccccc2)C=CC/C=C(C2=CC3=C(CC2)N(c2ccc(-c4cccc(C)c5ccccc5sc4)cc2)C3/C=C\C=C/C)\C=C\1C. The van der Waals surface area contributed by atoms with Gasteiger partial charge in [0.15, 0.2) is 0 Å². The average molecular weight is 721 g/mol. The lowest BCUT2D eigenvalue weighted by molar-refractivity contribution is 0.681. The average Bonchev–Trinajstić information content (AvgIpc) is 3.28. The van der Waals surface area contributed by atoms with Crippen LogP contribution in [0.5, 0.6) is 0 Å². The molecular weight excluding hydrogens is 673 g/mol. The number of hydrogen-bond donors (Lipinski definition) is 0. The van der Waals surface area contributed by atoms with E-state index < -0.39 is 0 Å². The molecule has 0 saturated heterocycles. The van der Waals surface area contributed by atoms with Gasteiger partial charge in [0.2, 0.25) is 0 Å². The van der Waals surface area contributed by atoms with Gasteiger partial charge in [-0.15, -0.1) is 11.3 Å². The minimum atomic E-state index is 0.172. The highest BCUT2D eigenvalue weighted by Gasteiger charge is 2.37. The molecule has 7 rings (SSSR count). The molecule has 2 nitrogen and oxygen atoms in total. The summed E-state index contributed by atoms with van der Waals surface area (Å²) in [6, 6.07) is 35.0. The van der Waals surface area contributed by atoms with Crippen molar-refractivity contribution in [2.45, 2.75) is 46.1 Å². The van der Waals surface area contributed by atoms with Crippen molar-refractivity contribution in [2.75, 3.05) is 9.80 Å². The first kappa shape index (κ1) is 36.5. The van der Waals surface area contributed by atoms with Crippen LogP contribution >= 0.6 is 11.3 Å². The lowest BCUT2D eigenvalue weighted by atomic mass is 9.80. The zero-order chi connectivity index (χ0) is 37.3. The first-order valence-electron chi connectivity index (χ1n) is 18.9. The Labute approximate surface area is 325 Å². The summed E-state index contributed by atoms with van der Waals surface area (Å²) in [5, 5.41) is 3.57. The van der Waals surface area contributed by atoms with E-state index in [0.717, 1.165) is 30.5 Å². The largest absolute Gasteiger partial charge is 0.334 e. The third-order valence-electron chi connectivity index (χ3n) is 10.2. The van der Waals surface area contributed by atoms with Crippen LogP contribution in [0.15, 0.2) is 222 Å². The maximum absolute atomic E-state index is 4.39. The summed E-state index contributed by atoms with van der Waals surface area (Å²) in [5.41, 5.74) is 13.7. The van der Waals surface area contributed by atoms with E-state index in [2.05, 4.69) is 219 Å². The predicted octanol–water partition coefficient (Wildman–Crippen LogP) is 14.2. The lowest BCUT2D eigenvalue weighted by Crippen LogP contribution is -2.46. The summed E-state index contributed by atoms with van der Waals surface area (Å²) in [7, 11) is 0. The Bertz CT molecular complexity index is 2350. The third-order valence-corrected chi connectivity index (χ3v) is 11.2. The molecule has 3 heterocycles. The van der Waals surface area contributed by atoms with E-state index in [1.807, 2.05) is 0 Å². The topological polar surface area (TPSA) is 6.48 Å². The molecule has 1 atom stereocenters. The van der Waals surface area contributed by atoms with Crippen molar-refractivity contribution in [3.05, 3.63) is 227 Å². The number of hydrogen-bond acceptors (Lipinski definition) is 3. The first-order chi connectivity index (χ1) is 26.5. The molecule has 1 aliphatic carbocycles. The molecule has 0 bridgehead atoms. The van der Waals surface area contributed by atoms with E-state index in [1.165, 1.54) is 60.5 Å². The highest BCUT2D eigenvalue weighted by atomic mass is 32.1. The van der Waals surface area contributed by atoms with Crippen LogP contribution < -0.4 is 9.80 Å². The fourth-order valence-electron chi connectivity index (χ4n) is 7.18. The standard InChI is InChI=1S/C51H48N2S/c1-5-6-8-25-49-48-36-43(42-20-14-16-34-52(45-22-9-7-10-23-45)33-15-13-18-38(2)40(4)35-42)29-32-50(48)53(49)46-30-27-41(28-31-46)44-21-17-19-39(3)47-24-11-12-26-51(47)54-37-44/h5-13,15-28,30-31,33-37,49H,2,14,29,32H2,1,3-4H3/b6-5-,18-13-,21-17?,25-8-,33-15-,34-16?,39-19?,40-35+,42-20+,44-37?. The summed E-state index contributed by atoms with van der Waals surface area (Å²) in [6.45, 7) is 10.8. The molecule has 0 amide bonds. The predicted molar refractivity (Wildman–Crippen MR) is 236 cm³/mol. The van der Waals surface area contributed by atoms with Crippen LogP contribution in [0.1, 0.15) is 38.7 Å². The summed E-state index contributed by atoms with van der Waals surface area (Å²) in [6.07, 6.45) is 31.4. The van der Waals surface area contributed by atoms with Gasteiger partial charge >= 0.3 is 0 Å². The molecule has 3 aromatic carbocycles. The molecule has 3 heteroatoms. The molecule has 0 fully saturated rings. The second-order valence-electron chi connectivity index (χ2n) is 13.8. The normalized spacial score (nSPS) is 20.8. The molecule has 268 valence electrons. The van der Waals surface area contributed by atoms with Crippen LogP contribution in [0.2, 0.25) is 0 Å². The van der Waals surface area contributed by atoms with Crippen LogP contribution in [-0.4, -0.2) is 6.04 Å². The van der Waals surface area contributed by atoms with Gasteiger partial charge in [-0.05, 0) is 132 Å². The molecule has 1 unspecified atom stereocenters. The molecule has 0 spiro atoms. The minimum Gasteiger partial charge on any atom is -0.334 e. The number of aryl methyl sites for hydroxylation is 1. The van der Waals surface area contributed by atoms with E-state index in [-0.39, 0.29) is 6.04 Å². The molecule has 4 aromatic rings. The number of allylic oxidation sites excluding steroid dienone is 14. The Morgan fingerprint density at radius 3 is 2.41 bits per heavy atom. The van der Waals surface area contributed by atoms with Crippen molar-refractivity contribution in [2.24, 2.45) is 0 Å². The molecule has 0 saturated carbocycles. The minimum absolute atomic E-state index is 0.172. The van der Waals surface area contributed by atoms with Crippen molar-refractivity contribution in [3.63, 3.8) is 0 Å². The molecule has 0 N–H and O–H groups in total. The van der Waals surface area contributed by atoms with E-state index >= 15 is 0 Å². The van der Waals surface area contributed by atoms with Crippen LogP contribution in [0.25, 0.3) is 21.2 Å². The van der Waals surface area contributed by atoms with Gasteiger partial charge in [0.25, 0.3) is 0 Å². The van der Waals surface area contributed by atoms with Gasteiger partial charge in [0.05, 0.1) is 6.04 Å².